The second-order valence-electron chi connectivity index (χ2n) is 4.54. The van der Waals surface area contributed by atoms with Crippen molar-refractivity contribution in [1.29, 1.82) is 0 Å². The fourth-order valence-electron chi connectivity index (χ4n) is 1.99. The smallest absolute Gasteiger partial charge is 0.372 e. The maximum atomic E-state index is 12.8. The number of aromatic nitrogens is 3. The normalized spacial score (nSPS) is 11.1. The molecule has 2 N–H and O–H groups in total. The Labute approximate surface area is 124 Å². The van der Waals surface area contributed by atoms with E-state index in [0.29, 0.717) is 17.1 Å². The molecule has 0 saturated heterocycles. The highest BCUT2D eigenvalue weighted by Gasteiger charge is 2.35. The van der Waals surface area contributed by atoms with Crippen molar-refractivity contribution in [1.82, 2.24) is 14.5 Å². The maximum absolute atomic E-state index is 12.8. The number of alkyl halides is 3. The van der Waals surface area contributed by atoms with Gasteiger partial charge >= 0.3 is 6.18 Å². The van der Waals surface area contributed by atoms with E-state index in [2.05, 4.69) is 25.4 Å². The summed E-state index contributed by atoms with van der Waals surface area (Å²) in [4.78, 5) is 10.9. The molecule has 0 aliphatic carbocycles. The Bertz CT molecular complexity index is 741. The molecule has 0 aromatic carbocycles. The van der Waals surface area contributed by atoms with Gasteiger partial charge in [-0.2, -0.15) is 18.2 Å². The number of nitrogens with one attached hydrogen (secondary N) is 2. The molecule has 0 atom stereocenters. The fourth-order valence-corrected chi connectivity index (χ4v) is 1.99. The van der Waals surface area contributed by atoms with Crippen molar-refractivity contribution in [2.24, 2.45) is 7.05 Å². The van der Waals surface area contributed by atoms with Gasteiger partial charge in [0, 0.05) is 13.2 Å². The van der Waals surface area contributed by atoms with Gasteiger partial charge in [0.2, 0.25) is 11.8 Å². The van der Waals surface area contributed by atoms with E-state index in [1.54, 1.807) is 24.7 Å². The summed E-state index contributed by atoms with van der Waals surface area (Å²) in [6.45, 7) is 8.82. The summed E-state index contributed by atoms with van der Waals surface area (Å²) in [5.41, 5.74) is 0.300. The van der Waals surface area contributed by atoms with Crippen LogP contribution in [0, 0.1) is 13.5 Å². The lowest BCUT2D eigenvalue weighted by atomic mass is 10.3. The van der Waals surface area contributed by atoms with Crippen LogP contribution in [-0.2, 0) is 13.2 Å². The zero-order chi connectivity index (χ0) is 16.5. The van der Waals surface area contributed by atoms with Crippen LogP contribution >= 0.6 is 0 Å². The molecule has 2 rings (SSSR count). The van der Waals surface area contributed by atoms with Gasteiger partial charge in [0.1, 0.15) is 11.4 Å². The number of anilines is 3. The van der Waals surface area contributed by atoms with E-state index in [4.69, 9.17) is 6.57 Å². The Balaban J connectivity index is 2.38. The molecule has 0 spiro atoms. The van der Waals surface area contributed by atoms with Crippen molar-refractivity contribution < 1.29 is 13.2 Å². The molecule has 116 valence electrons. The van der Waals surface area contributed by atoms with Crippen molar-refractivity contribution in [3.8, 4) is 0 Å². The summed E-state index contributed by atoms with van der Waals surface area (Å²) in [6, 6.07) is 0. The number of hydrogen-bond acceptors (Lipinski definition) is 4. The molecule has 2 aromatic heterocycles. The Kier molecular flexibility index (Phi) is 3.95. The maximum Gasteiger partial charge on any atom is 0.421 e. The van der Waals surface area contributed by atoms with Crippen LogP contribution in [0.3, 0.4) is 0 Å². The van der Waals surface area contributed by atoms with Crippen molar-refractivity contribution in [3.63, 3.8) is 0 Å². The average Bonchev–Trinajstić information content (AvgIpc) is 2.71. The lowest BCUT2D eigenvalue weighted by molar-refractivity contribution is -0.137. The lowest BCUT2D eigenvalue weighted by Gasteiger charge is -2.12. The van der Waals surface area contributed by atoms with Gasteiger partial charge in [-0.1, -0.05) is 6.57 Å². The molecule has 0 fully saturated rings. The molecular weight excluding hydrogens is 297 g/mol. The van der Waals surface area contributed by atoms with Crippen molar-refractivity contribution >= 4 is 23.3 Å². The highest BCUT2D eigenvalue weighted by molar-refractivity contribution is 5.68. The SMILES string of the molecule is [C-]#[N+]c1c(C)c(Nc2ncc(C(F)(F)F)c(NC)n2)cn1C. The van der Waals surface area contributed by atoms with Crippen molar-refractivity contribution in [2.45, 2.75) is 13.1 Å². The first-order chi connectivity index (χ1) is 10.3. The fraction of sp³-hybridized carbons (Fsp3) is 0.308. The summed E-state index contributed by atoms with van der Waals surface area (Å²) in [5.74, 6) is 0.134. The number of nitrogens with zero attached hydrogens (tertiary/aromatic N) is 4. The number of aryl methyl sites for hydroxylation is 1. The average molecular weight is 310 g/mol. The zero-order valence-electron chi connectivity index (χ0n) is 12.1. The summed E-state index contributed by atoms with van der Waals surface area (Å²) in [7, 11) is 3.06. The van der Waals surface area contributed by atoms with E-state index in [1.165, 1.54) is 7.05 Å². The quantitative estimate of drug-likeness (QED) is 0.852. The summed E-state index contributed by atoms with van der Waals surface area (Å²) in [6.07, 6.45) is -2.16. The molecule has 0 aliphatic rings. The van der Waals surface area contributed by atoms with Gasteiger partial charge in [-0.15, -0.1) is 0 Å². The first-order valence-corrected chi connectivity index (χ1v) is 6.20. The third-order valence-electron chi connectivity index (χ3n) is 3.08. The predicted octanol–water partition coefficient (Wildman–Crippen LogP) is 3.48. The van der Waals surface area contributed by atoms with Crippen LogP contribution in [0.4, 0.5) is 36.4 Å². The lowest BCUT2D eigenvalue weighted by Crippen LogP contribution is -2.12. The monoisotopic (exact) mass is 310 g/mol. The second kappa shape index (κ2) is 5.55. The van der Waals surface area contributed by atoms with E-state index >= 15 is 0 Å². The number of rotatable bonds is 3. The summed E-state index contributed by atoms with van der Waals surface area (Å²) in [5, 5.41) is 5.23. The van der Waals surface area contributed by atoms with Crippen LogP contribution in [0.25, 0.3) is 4.85 Å². The Morgan fingerprint density at radius 2 is 2.05 bits per heavy atom. The molecule has 0 amide bonds. The third-order valence-corrected chi connectivity index (χ3v) is 3.08. The van der Waals surface area contributed by atoms with Gasteiger partial charge in [-0.05, 0) is 12.5 Å². The van der Waals surface area contributed by atoms with E-state index in [1.807, 2.05) is 0 Å². The first kappa shape index (κ1) is 15.6. The Morgan fingerprint density at radius 1 is 1.36 bits per heavy atom. The van der Waals surface area contributed by atoms with Crippen LogP contribution in [0.1, 0.15) is 11.1 Å². The van der Waals surface area contributed by atoms with Crippen LogP contribution < -0.4 is 10.6 Å². The van der Waals surface area contributed by atoms with Gasteiger partial charge in [-0.25, -0.2) is 4.98 Å². The summed E-state index contributed by atoms with van der Waals surface area (Å²) >= 11 is 0. The molecule has 2 heterocycles. The molecule has 6 nitrogen and oxygen atoms in total. The highest BCUT2D eigenvalue weighted by atomic mass is 19.4. The Hall–Kier alpha value is -2.76. The third kappa shape index (κ3) is 2.81. The molecule has 0 aliphatic heterocycles. The number of halogens is 3. The molecule has 9 heteroatoms. The molecule has 0 bridgehead atoms. The minimum atomic E-state index is -4.53. The molecule has 0 radical (unpaired) electrons. The van der Waals surface area contributed by atoms with Crippen LogP contribution in [0.2, 0.25) is 0 Å². The van der Waals surface area contributed by atoms with Gasteiger partial charge in [0.15, 0.2) is 0 Å². The Morgan fingerprint density at radius 3 is 2.55 bits per heavy atom. The second-order valence-corrected chi connectivity index (χ2v) is 4.54. The van der Waals surface area contributed by atoms with Gasteiger partial charge < -0.3 is 20.0 Å². The topological polar surface area (TPSA) is 59.1 Å². The van der Waals surface area contributed by atoms with Gasteiger partial charge in [0.25, 0.3) is 0 Å². The number of hydrogen-bond donors (Lipinski definition) is 2. The predicted molar refractivity (Wildman–Crippen MR) is 76.3 cm³/mol. The summed E-state index contributed by atoms with van der Waals surface area (Å²) < 4.78 is 40.0. The van der Waals surface area contributed by atoms with Crippen LogP contribution in [0.15, 0.2) is 12.4 Å². The van der Waals surface area contributed by atoms with Crippen LogP contribution in [0.5, 0.6) is 0 Å². The molecule has 0 saturated carbocycles. The van der Waals surface area contributed by atoms with E-state index in [0.717, 1.165) is 6.20 Å². The standard InChI is InChI=1S/C13H13F3N6/c1-7-9(6-22(4)11(7)18-3)20-12-19-5-8(13(14,15)16)10(17-2)21-12/h5-6H,1-2,4H3,(H2,17,19,20,21). The largest absolute Gasteiger partial charge is 0.421 e. The van der Waals surface area contributed by atoms with E-state index < -0.39 is 11.7 Å². The van der Waals surface area contributed by atoms with E-state index in [9.17, 15) is 13.2 Å². The highest BCUT2D eigenvalue weighted by Crippen LogP contribution is 2.34. The van der Waals surface area contributed by atoms with E-state index in [-0.39, 0.29) is 11.8 Å². The van der Waals surface area contributed by atoms with Crippen molar-refractivity contribution in [2.75, 3.05) is 17.7 Å². The van der Waals surface area contributed by atoms with Gasteiger partial charge in [-0.3, -0.25) is 0 Å². The first-order valence-electron chi connectivity index (χ1n) is 6.20. The minimum absolute atomic E-state index is 0.0163. The molecular formula is C13H13F3N6. The van der Waals surface area contributed by atoms with Crippen molar-refractivity contribution in [3.05, 3.63) is 34.9 Å². The zero-order valence-corrected chi connectivity index (χ0v) is 12.1. The molecule has 0 unspecified atom stereocenters. The van der Waals surface area contributed by atoms with Crippen LogP contribution in [-0.4, -0.2) is 21.6 Å². The molecule has 2 aromatic rings. The molecule has 22 heavy (non-hydrogen) atoms. The minimum Gasteiger partial charge on any atom is -0.372 e. The van der Waals surface area contributed by atoms with Gasteiger partial charge in [0.05, 0.1) is 18.9 Å².